The molecular formula is C14H21ClF2N2O. The Hall–Kier alpha value is -1.20. The van der Waals surface area contributed by atoms with Gasteiger partial charge in [-0.2, -0.15) is 0 Å². The highest BCUT2D eigenvalue weighted by Gasteiger charge is 2.29. The molecule has 0 spiro atoms. The lowest BCUT2D eigenvalue weighted by molar-refractivity contribution is -0.126. The normalized spacial score (nSPS) is 14.9. The molecule has 3 nitrogen and oxygen atoms in total. The molecule has 0 aliphatic heterocycles. The maximum Gasteiger partial charge on any atom is 0.240 e. The van der Waals surface area contributed by atoms with Crippen molar-refractivity contribution in [1.29, 1.82) is 0 Å². The number of hydrogen-bond donors (Lipinski definition) is 2. The van der Waals surface area contributed by atoms with Gasteiger partial charge < -0.3 is 11.1 Å². The molecule has 2 unspecified atom stereocenters. The number of carbonyl (C=O) groups is 1. The summed E-state index contributed by atoms with van der Waals surface area (Å²) in [4.78, 5) is 12.0. The Morgan fingerprint density at radius 3 is 2.60 bits per heavy atom. The van der Waals surface area contributed by atoms with Gasteiger partial charge in [-0.15, -0.1) is 12.4 Å². The lowest BCUT2D eigenvalue weighted by Crippen LogP contribution is -2.52. The van der Waals surface area contributed by atoms with Crippen LogP contribution in [0, 0.1) is 11.6 Å². The van der Waals surface area contributed by atoms with Crippen LogP contribution in [-0.2, 0) is 4.79 Å². The minimum atomic E-state index is -1.01. The fraction of sp³-hybridized carbons (Fsp3) is 0.500. The summed E-state index contributed by atoms with van der Waals surface area (Å²) >= 11 is 0. The Balaban J connectivity index is 0.00000361. The zero-order valence-electron chi connectivity index (χ0n) is 11.9. The summed E-state index contributed by atoms with van der Waals surface area (Å²) in [6, 6.07) is 3.25. The highest BCUT2D eigenvalue weighted by molar-refractivity contribution is 5.86. The monoisotopic (exact) mass is 306 g/mol. The number of amides is 1. The largest absolute Gasteiger partial charge is 0.348 e. The Bertz CT molecular complexity index is 466. The summed E-state index contributed by atoms with van der Waals surface area (Å²) in [5.74, 6) is -2.24. The molecule has 0 aliphatic carbocycles. The van der Waals surface area contributed by atoms with Crippen molar-refractivity contribution < 1.29 is 13.6 Å². The van der Waals surface area contributed by atoms with E-state index in [4.69, 9.17) is 5.73 Å². The SMILES string of the molecule is CCCC(C)(N)C(=O)NC(C)c1cccc(F)c1F.Cl. The molecule has 0 radical (unpaired) electrons. The first-order chi connectivity index (χ1) is 8.79. The fourth-order valence-corrected chi connectivity index (χ4v) is 1.93. The van der Waals surface area contributed by atoms with E-state index in [2.05, 4.69) is 5.32 Å². The van der Waals surface area contributed by atoms with Crippen LogP contribution in [0.5, 0.6) is 0 Å². The fourth-order valence-electron chi connectivity index (χ4n) is 1.93. The van der Waals surface area contributed by atoms with Gasteiger partial charge in [0.25, 0.3) is 0 Å². The van der Waals surface area contributed by atoms with Crippen molar-refractivity contribution in [3.8, 4) is 0 Å². The molecule has 0 saturated carbocycles. The molecule has 1 aromatic rings. The molecule has 0 bridgehead atoms. The summed E-state index contributed by atoms with van der Waals surface area (Å²) in [6.45, 7) is 5.15. The summed E-state index contributed by atoms with van der Waals surface area (Å²) in [5.41, 5.74) is 4.99. The zero-order valence-corrected chi connectivity index (χ0v) is 12.7. The van der Waals surface area contributed by atoms with E-state index >= 15 is 0 Å². The van der Waals surface area contributed by atoms with E-state index < -0.39 is 23.2 Å². The third-order valence-corrected chi connectivity index (χ3v) is 3.08. The van der Waals surface area contributed by atoms with Crippen LogP contribution in [0.15, 0.2) is 18.2 Å². The maximum atomic E-state index is 13.6. The van der Waals surface area contributed by atoms with Crippen LogP contribution in [0.25, 0.3) is 0 Å². The van der Waals surface area contributed by atoms with E-state index in [-0.39, 0.29) is 23.9 Å². The van der Waals surface area contributed by atoms with E-state index in [0.29, 0.717) is 6.42 Å². The molecule has 20 heavy (non-hydrogen) atoms. The van der Waals surface area contributed by atoms with Crippen LogP contribution in [0.2, 0.25) is 0 Å². The van der Waals surface area contributed by atoms with E-state index in [1.54, 1.807) is 13.8 Å². The number of nitrogens with two attached hydrogens (primary N) is 1. The Morgan fingerprint density at radius 1 is 1.45 bits per heavy atom. The zero-order chi connectivity index (χ0) is 14.6. The predicted molar refractivity (Wildman–Crippen MR) is 77.7 cm³/mol. The highest BCUT2D eigenvalue weighted by Crippen LogP contribution is 2.20. The number of benzene rings is 1. The van der Waals surface area contributed by atoms with E-state index in [0.717, 1.165) is 12.5 Å². The standard InChI is InChI=1S/C14H20F2N2O.ClH/c1-4-8-14(3,17)13(19)18-9(2)10-6-5-7-11(15)12(10)16;/h5-7,9H,4,8,17H2,1-3H3,(H,18,19);1H. The molecule has 0 aromatic heterocycles. The molecule has 1 amide bonds. The average molecular weight is 307 g/mol. The number of carbonyl (C=O) groups excluding carboxylic acids is 1. The average Bonchev–Trinajstić information content (AvgIpc) is 2.32. The molecule has 0 heterocycles. The van der Waals surface area contributed by atoms with E-state index in [1.807, 2.05) is 6.92 Å². The topological polar surface area (TPSA) is 55.1 Å². The number of nitrogens with one attached hydrogen (secondary N) is 1. The third-order valence-electron chi connectivity index (χ3n) is 3.08. The van der Waals surface area contributed by atoms with Gasteiger partial charge in [0.05, 0.1) is 11.6 Å². The van der Waals surface area contributed by atoms with Crippen molar-refractivity contribution in [1.82, 2.24) is 5.32 Å². The van der Waals surface area contributed by atoms with E-state index in [9.17, 15) is 13.6 Å². The Morgan fingerprint density at radius 2 is 2.05 bits per heavy atom. The van der Waals surface area contributed by atoms with E-state index in [1.165, 1.54) is 12.1 Å². The smallest absolute Gasteiger partial charge is 0.240 e. The van der Waals surface area contributed by atoms with Crippen LogP contribution in [0.3, 0.4) is 0 Å². The summed E-state index contributed by atoms with van der Waals surface area (Å²) in [5, 5.41) is 2.62. The van der Waals surface area contributed by atoms with Crippen molar-refractivity contribution in [3.63, 3.8) is 0 Å². The summed E-state index contributed by atoms with van der Waals surface area (Å²) in [6.07, 6.45) is 1.29. The van der Waals surface area contributed by atoms with Gasteiger partial charge in [0, 0.05) is 5.56 Å². The van der Waals surface area contributed by atoms with Crippen molar-refractivity contribution in [2.24, 2.45) is 5.73 Å². The maximum absolute atomic E-state index is 13.6. The molecular weight excluding hydrogens is 286 g/mol. The molecule has 0 aliphatic rings. The van der Waals surface area contributed by atoms with Crippen LogP contribution in [-0.4, -0.2) is 11.4 Å². The second kappa shape index (κ2) is 7.55. The van der Waals surface area contributed by atoms with Crippen molar-refractivity contribution in [2.45, 2.75) is 45.2 Å². The lowest BCUT2D eigenvalue weighted by Gasteiger charge is -2.25. The molecule has 6 heteroatoms. The Labute approximate surface area is 124 Å². The molecule has 2 atom stereocenters. The van der Waals surface area contributed by atoms with Gasteiger partial charge in [-0.25, -0.2) is 8.78 Å². The van der Waals surface area contributed by atoms with Gasteiger partial charge in [0.1, 0.15) is 0 Å². The minimum Gasteiger partial charge on any atom is -0.348 e. The van der Waals surface area contributed by atoms with Crippen molar-refractivity contribution >= 4 is 18.3 Å². The molecule has 0 fully saturated rings. The van der Waals surface area contributed by atoms with Crippen molar-refractivity contribution in [2.75, 3.05) is 0 Å². The van der Waals surface area contributed by atoms with Crippen LogP contribution in [0.1, 0.15) is 45.2 Å². The number of hydrogen-bond acceptors (Lipinski definition) is 2. The first kappa shape index (κ1) is 18.8. The third kappa shape index (κ3) is 4.42. The molecule has 1 rings (SSSR count). The molecule has 1 aromatic carbocycles. The van der Waals surface area contributed by atoms with Gasteiger partial charge >= 0.3 is 0 Å². The van der Waals surface area contributed by atoms with Crippen LogP contribution >= 0.6 is 12.4 Å². The molecule has 114 valence electrons. The van der Waals surface area contributed by atoms with Gasteiger partial charge in [-0.05, 0) is 26.3 Å². The first-order valence-corrected chi connectivity index (χ1v) is 6.33. The van der Waals surface area contributed by atoms with Crippen molar-refractivity contribution in [3.05, 3.63) is 35.4 Å². The number of halogens is 3. The molecule has 3 N–H and O–H groups in total. The second-order valence-corrected chi connectivity index (χ2v) is 5.01. The predicted octanol–water partition coefficient (Wildman–Crippen LogP) is 3.08. The lowest BCUT2D eigenvalue weighted by atomic mass is 9.95. The Kier molecular flexibility index (Phi) is 7.09. The van der Waals surface area contributed by atoms with Crippen LogP contribution < -0.4 is 11.1 Å². The second-order valence-electron chi connectivity index (χ2n) is 5.01. The van der Waals surface area contributed by atoms with Gasteiger partial charge in [0.2, 0.25) is 5.91 Å². The number of rotatable bonds is 5. The summed E-state index contributed by atoms with van der Waals surface area (Å²) < 4.78 is 26.7. The first-order valence-electron chi connectivity index (χ1n) is 6.33. The van der Waals surface area contributed by atoms with Gasteiger partial charge in [0.15, 0.2) is 11.6 Å². The van der Waals surface area contributed by atoms with Crippen LogP contribution in [0.4, 0.5) is 8.78 Å². The highest BCUT2D eigenvalue weighted by atomic mass is 35.5. The molecule has 0 saturated heterocycles. The van der Waals surface area contributed by atoms with Gasteiger partial charge in [-0.3, -0.25) is 4.79 Å². The van der Waals surface area contributed by atoms with Gasteiger partial charge in [-0.1, -0.05) is 25.5 Å². The summed E-state index contributed by atoms with van der Waals surface area (Å²) in [7, 11) is 0. The minimum absolute atomic E-state index is 0. The quantitative estimate of drug-likeness (QED) is 0.878.